The molecular formula is C16H17N3O3S. The van der Waals surface area contributed by atoms with Gasteiger partial charge < -0.3 is 18.8 Å². The van der Waals surface area contributed by atoms with E-state index in [9.17, 15) is 5.11 Å². The average molecular weight is 331 g/mol. The number of rotatable bonds is 6. The van der Waals surface area contributed by atoms with Crippen LogP contribution < -0.4 is 4.74 Å². The van der Waals surface area contributed by atoms with E-state index in [4.69, 9.17) is 9.15 Å². The Morgan fingerprint density at radius 2 is 2.00 bits per heavy atom. The van der Waals surface area contributed by atoms with Gasteiger partial charge >= 0.3 is 0 Å². The molecule has 1 aromatic carbocycles. The lowest BCUT2D eigenvalue weighted by molar-refractivity contribution is 0.271. The summed E-state index contributed by atoms with van der Waals surface area (Å²) in [5, 5.41) is 9.99. The second kappa shape index (κ2) is 6.89. The van der Waals surface area contributed by atoms with Crippen LogP contribution in [0.4, 0.5) is 0 Å². The molecule has 0 amide bonds. The lowest BCUT2D eigenvalue weighted by Gasteiger charge is -2.02. The van der Waals surface area contributed by atoms with Crippen LogP contribution in [0.1, 0.15) is 11.6 Å². The Balaban J connectivity index is 1.68. The number of aliphatic hydroxyl groups excluding tert-OH is 1. The van der Waals surface area contributed by atoms with Crippen LogP contribution >= 0.6 is 11.8 Å². The van der Waals surface area contributed by atoms with E-state index >= 15 is 0 Å². The van der Waals surface area contributed by atoms with E-state index in [-0.39, 0.29) is 6.61 Å². The Hall–Kier alpha value is -2.25. The Morgan fingerprint density at radius 1 is 1.22 bits per heavy atom. The highest BCUT2D eigenvalue weighted by Gasteiger charge is 2.10. The van der Waals surface area contributed by atoms with Crippen molar-refractivity contribution in [3.8, 4) is 17.1 Å². The first-order valence-electron chi connectivity index (χ1n) is 7.04. The van der Waals surface area contributed by atoms with Crippen LogP contribution in [0.25, 0.3) is 11.3 Å². The molecular weight excluding hydrogens is 314 g/mol. The molecule has 0 aliphatic heterocycles. The van der Waals surface area contributed by atoms with Crippen LogP contribution in [-0.4, -0.2) is 26.8 Å². The fourth-order valence-electron chi connectivity index (χ4n) is 2.10. The van der Waals surface area contributed by atoms with Gasteiger partial charge in [-0.15, -0.1) is 0 Å². The molecule has 3 aromatic rings. The number of nitrogens with zero attached hydrogens (tertiary/aromatic N) is 3. The molecule has 6 nitrogen and oxygen atoms in total. The number of methoxy groups -OCH3 is 1. The number of hydrogen-bond acceptors (Lipinski definition) is 6. The molecule has 23 heavy (non-hydrogen) atoms. The highest BCUT2D eigenvalue weighted by molar-refractivity contribution is 7.98. The number of aromatic nitrogens is 3. The Morgan fingerprint density at radius 3 is 2.65 bits per heavy atom. The van der Waals surface area contributed by atoms with E-state index in [2.05, 4.69) is 9.97 Å². The zero-order valence-corrected chi connectivity index (χ0v) is 13.7. The molecule has 2 aromatic heterocycles. The van der Waals surface area contributed by atoms with Crippen LogP contribution in [-0.2, 0) is 19.4 Å². The summed E-state index contributed by atoms with van der Waals surface area (Å²) < 4.78 is 12.8. The third-order valence-electron chi connectivity index (χ3n) is 3.46. The number of thioether (sulfide) groups is 1. The van der Waals surface area contributed by atoms with Crippen molar-refractivity contribution in [2.75, 3.05) is 7.11 Å². The van der Waals surface area contributed by atoms with Gasteiger partial charge in [0.15, 0.2) is 10.9 Å². The minimum absolute atomic E-state index is 0.0231. The zero-order valence-electron chi connectivity index (χ0n) is 12.9. The van der Waals surface area contributed by atoms with Crippen LogP contribution in [0.3, 0.4) is 0 Å². The third-order valence-corrected chi connectivity index (χ3v) is 4.49. The summed E-state index contributed by atoms with van der Waals surface area (Å²) in [7, 11) is 3.51. The summed E-state index contributed by atoms with van der Waals surface area (Å²) in [5.74, 6) is 2.73. The smallest absolute Gasteiger partial charge is 0.205 e. The van der Waals surface area contributed by atoms with E-state index in [0.29, 0.717) is 11.6 Å². The monoisotopic (exact) mass is 331 g/mol. The van der Waals surface area contributed by atoms with Crippen molar-refractivity contribution in [2.45, 2.75) is 17.5 Å². The second-order valence-corrected chi connectivity index (χ2v) is 5.83. The molecule has 0 saturated carbocycles. The molecule has 2 heterocycles. The van der Waals surface area contributed by atoms with Crippen molar-refractivity contribution in [1.82, 2.24) is 14.5 Å². The third kappa shape index (κ3) is 3.40. The molecule has 0 radical (unpaired) electrons. The first-order chi connectivity index (χ1) is 11.2. The van der Waals surface area contributed by atoms with Gasteiger partial charge in [0.1, 0.15) is 5.75 Å². The van der Waals surface area contributed by atoms with E-state index < -0.39 is 0 Å². The normalized spacial score (nSPS) is 10.9. The molecule has 3 rings (SSSR count). The Kier molecular flexibility index (Phi) is 4.68. The summed E-state index contributed by atoms with van der Waals surface area (Å²) >= 11 is 1.52. The van der Waals surface area contributed by atoms with Gasteiger partial charge in [-0.1, -0.05) is 11.8 Å². The van der Waals surface area contributed by atoms with Crippen molar-refractivity contribution in [3.63, 3.8) is 0 Å². The van der Waals surface area contributed by atoms with Crippen LogP contribution in [0.2, 0.25) is 0 Å². The second-order valence-electron chi connectivity index (χ2n) is 4.88. The zero-order chi connectivity index (χ0) is 16.2. The first-order valence-corrected chi connectivity index (χ1v) is 8.03. The van der Waals surface area contributed by atoms with Gasteiger partial charge in [0.2, 0.25) is 5.89 Å². The molecule has 0 aliphatic carbocycles. The number of benzene rings is 1. The summed E-state index contributed by atoms with van der Waals surface area (Å²) in [4.78, 5) is 8.57. The number of hydrogen-bond donors (Lipinski definition) is 1. The van der Waals surface area contributed by atoms with Gasteiger partial charge in [-0.3, -0.25) is 0 Å². The van der Waals surface area contributed by atoms with E-state index in [0.717, 1.165) is 27.9 Å². The SMILES string of the molecule is COc1ccc(-c2cnc(CSc3ncc(CO)n3C)o2)cc1. The van der Waals surface area contributed by atoms with Crippen LogP contribution in [0, 0.1) is 0 Å². The first kappa shape index (κ1) is 15.6. The molecule has 0 bridgehead atoms. The predicted molar refractivity (Wildman–Crippen MR) is 87.2 cm³/mol. The topological polar surface area (TPSA) is 73.3 Å². The molecule has 0 atom stereocenters. The molecule has 0 aliphatic rings. The van der Waals surface area contributed by atoms with Gasteiger partial charge in [-0.25, -0.2) is 9.97 Å². The van der Waals surface area contributed by atoms with E-state index in [1.807, 2.05) is 35.9 Å². The molecule has 0 spiro atoms. The van der Waals surface area contributed by atoms with Crippen molar-refractivity contribution >= 4 is 11.8 Å². The maximum atomic E-state index is 9.17. The quantitative estimate of drug-likeness (QED) is 0.700. The molecule has 0 fully saturated rings. The maximum absolute atomic E-state index is 9.17. The average Bonchev–Trinajstić information content (AvgIpc) is 3.20. The minimum atomic E-state index is -0.0231. The largest absolute Gasteiger partial charge is 0.497 e. The highest BCUT2D eigenvalue weighted by atomic mass is 32.2. The standard InChI is InChI=1S/C16H17N3O3S/c1-19-12(9-20)7-18-16(19)23-10-15-17-8-14(22-15)11-3-5-13(21-2)6-4-11/h3-8,20H,9-10H2,1-2H3. The van der Waals surface area contributed by atoms with E-state index in [1.54, 1.807) is 19.5 Å². The molecule has 0 saturated heterocycles. The molecule has 120 valence electrons. The molecule has 7 heteroatoms. The number of aliphatic hydroxyl groups is 1. The Bertz CT molecular complexity index is 780. The summed E-state index contributed by atoms with van der Waals surface area (Å²) in [5.41, 5.74) is 1.73. The van der Waals surface area contributed by atoms with Gasteiger partial charge in [-0.05, 0) is 24.3 Å². The fourth-order valence-corrected chi connectivity index (χ4v) is 2.92. The summed E-state index contributed by atoms with van der Waals surface area (Å²) in [6.07, 6.45) is 3.38. The highest BCUT2D eigenvalue weighted by Crippen LogP contribution is 2.26. The van der Waals surface area contributed by atoms with Gasteiger partial charge in [0, 0.05) is 12.6 Å². The molecule has 0 unspecified atom stereocenters. The van der Waals surface area contributed by atoms with Crippen molar-refractivity contribution in [3.05, 3.63) is 48.2 Å². The summed E-state index contributed by atoms with van der Waals surface area (Å²) in [6, 6.07) is 7.64. The summed E-state index contributed by atoms with van der Waals surface area (Å²) in [6.45, 7) is -0.0231. The van der Waals surface area contributed by atoms with Gasteiger partial charge in [0.05, 0.1) is 37.6 Å². The van der Waals surface area contributed by atoms with Gasteiger partial charge in [0.25, 0.3) is 0 Å². The predicted octanol–water partition coefficient (Wildman–Crippen LogP) is 2.87. The number of imidazole rings is 1. The van der Waals surface area contributed by atoms with Crippen molar-refractivity contribution < 1.29 is 14.3 Å². The lowest BCUT2D eigenvalue weighted by Crippen LogP contribution is -1.97. The minimum Gasteiger partial charge on any atom is -0.497 e. The van der Waals surface area contributed by atoms with Crippen molar-refractivity contribution in [2.24, 2.45) is 7.05 Å². The maximum Gasteiger partial charge on any atom is 0.205 e. The van der Waals surface area contributed by atoms with E-state index in [1.165, 1.54) is 11.8 Å². The number of ether oxygens (including phenoxy) is 1. The Labute approximate surface area is 138 Å². The molecule has 1 N–H and O–H groups in total. The lowest BCUT2D eigenvalue weighted by atomic mass is 10.2. The van der Waals surface area contributed by atoms with Crippen LogP contribution in [0.15, 0.2) is 46.2 Å². The van der Waals surface area contributed by atoms with Crippen molar-refractivity contribution in [1.29, 1.82) is 0 Å². The van der Waals surface area contributed by atoms with Gasteiger partial charge in [-0.2, -0.15) is 0 Å². The number of oxazole rings is 1. The fraction of sp³-hybridized carbons (Fsp3) is 0.250. The van der Waals surface area contributed by atoms with Crippen LogP contribution in [0.5, 0.6) is 5.75 Å².